The molecular weight excluding hydrogens is 560 g/mol. The van der Waals surface area contributed by atoms with E-state index in [1.165, 1.54) is 0 Å². The molecule has 0 aliphatic carbocycles. The fourth-order valence-electron chi connectivity index (χ4n) is 2.09. The van der Waals surface area contributed by atoms with Crippen LogP contribution in [0.15, 0.2) is 42.2 Å². The molecule has 0 unspecified atom stereocenters. The Morgan fingerprint density at radius 3 is 1.48 bits per heavy atom. The van der Waals surface area contributed by atoms with Gasteiger partial charge < -0.3 is 14.9 Å². The Hall–Kier alpha value is -0.0800. The first-order valence-corrected chi connectivity index (χ1v) is 9.97. The lowest BCUT2D eigenvalue weighted by Gasteiger charge is -2.10. The average molecular weight is 574 g/mol. The second-order valence-corrected chi connectivity index (χ2v) is 8.44. The number of ether oxygens (including phenoxy) is 1. The lowest BCUT2D eigenvalue weighted by Crippen LogP contribution is -2.03. The monoisotopic (exact) mass is 570 g/mol. The number of hydrogen-bond donors (Lipinski definition) is 2. The van der Waals surface area contributed by atoms with E-state index in [9.17, 15) is 10.2 Å². The van der Waals surface area contributed by atoms with Gasteiger partial charge in [0, 0.05) is 8.95 Å². The maximum atomic E-state index is 9.99. The van der Waals surface area contributed by atoms with E-state index >= 15 is 0 Å². The molecule has 2 rings (SSSR count). The van der Waals surface area contributed by atoms with Crippen molar-refractivity contribution in [3.63, 3.8) is 0 Å². The minimum atomic E-state index is 0.241. The molecule has 0 aliphatic heterocycles. The van der Waals surface area contributed by atoms with Gasteiger partial charge in [0.05, 0.1) is 22.2 Å². The minimum Gasteiger partial charge on any atom is -0.506 e. The van der Waals surface area contributed by atoms with Crippen molar-refractivity contribution >= 4 is 63.7 Å². The molecule has 0 saturated heterocycles. The van der Waals surface area contributed by atoms with E-state index in [4.69, 9.17) is 4.74 Å². The zero-order valence-corrected chi connectivity index (χ0v) is 18.3. The van der Waals surface area contributed by atoms with Crippen molar-refractivity contribution < 1.29 is 14.9 Å². The lowest BCUT2D eigenvalue weighted by molar-refractivity contribution is 0.139. The van der Waals surface area contributed by atoms with E-state index in [2.05, 4.69) is 63.7 Å². The summed E-state index contributed by atoms with van der Waals surface area (Å²) in [7, 11) is 0. The summed E-state index contributed by atoms with van der Waals surface area (Å²) in [5.41, 5.74) is 1.64. The van der Waals surface area contributed by atoms with Crippen molar-refractivity contribution in [2.75, 3.05) is 13.2 Å². The van der Waals surface area contributed by atoms with Crippen molar-refractivity contribution in [3.05, 3.63) is 53.3 Å². The molecule has 0 bridgehead atoms. The van der Waals surface area contributed by atoms with Crippen molar-refractivity contribution in [2.24, 2.45) is 0 Å². The van der Waals surface area contributed by atoms with Gasteiger partial charge in [0.15, 0.2) is 0 Å². The van der Waals surface area contributed by atoms with E-state index in [1.807, 2.05) is 12.1 Å². The highest BCUT2D eigenvalue weighted by atomic mass is 79.9. The van der Waals surface area contributed by atoms with E-state index in [0.717, 1.165) is 20.1 Å². The van der Waals surface area contributed by atoms with Gasteiger partial charge >= 0.3 is 0 Å². The molecule has 7 heteroatoms. The normalized spacial score (nSPS) is 11.0. The lowest BCUT2D eigenvalue weighted by atomic mass is 10.1. The summed E-state index contributed by atoms with van der Waals surface area (Å²) in [5.74, 6) is 0.482. The van der Waals surface area contributed by atoms with Crippen LogP contribution < -0.4 is 0 Å². The maximum absolute atomic E-state index is 9.99. The van der Waals surface area contributed by atoms with Gasteiger partial charge in [-0.25, -0.2) is 0 Å². The zero-order chi connectivity index (χ0) is 17.0. The standard InChI is InChI=1S/C16H14Br4O3/c17-11-5-9(15(21)13(19)7-11)1-3-23-4-2-10-6-12(18)8-14(20)16(10)22/h5-8,21-22H,1-4H2. The van der Waals surface area contributed by atoms with Crippen LogP contribution in [0.5, 0.6) is 11.5 Å². The van der Waals surface area contributed by atoms with Gasteiger partial charge in [0.1, 0.15) is 11.5 Å². The van der Waals surface area contributed by atoms with E-state index < -0.39 is 0 Å². The van der Waals surface area contributed by atoms with Crippen molar-refractivity contribution in [2.45, 2.75) is 12.8 Å². The van der Waals surface area contributed by atoms with Gasteiger partial charge in [0.2, 0.25) is 0 Å². The molecule has 0 spiro atoms. The highest BCUT2D eigenvalue weighted by Gasteiger charge is 2.09. The summed E-state index contributed by atoms with van der Waals surface area (Å²) in [6.45, 7) is 0.985. The van der Waals surface area contributed by atoms with Gasteiger partial charge in [-0.15, -0.1) is 0 Å². The number of rotatable bonds is 6. The van der Waals surface area contributed by atoms with Gasteiger partial charge in [0.25, 0.3) is 0 Å². The topological polar surface area (TPSA) is 49.7 Å². The zero-order valence-electron chi connectivity index (χ0n) is 12.0. The van der Waals surface area contributed by atoms with Crippen LogP contribution in [-0.4, -0.2) is 23.4 Å². The predicted molar refractivity (Wildman–Crippen MR) is 105 cm³/mol. The number of hydrogen-bond acceptors (Lipinski definition) is 3. The highest BCUT2D eigenvalue weighted by Crippen LogP contribution is 2.33. The maximum Gasteiger partial charge on any atom is 0.133 e. The first-order valence-electron chi connectivity index (χ1n) is 6.80. The SMILES string of the molecule is Oc1c(Br)cc(Br)cc1CCOCCc1cc(Br)cc(Br)c1O. The Bertz CT molecular complexity index is 645. The minimum absolute atomic E-state index is 0.241. The summed E-state index contributed by atoms with van der Waals surface area (Å²) in [6.07, 6.45) is 1.22. The Balaban J connectivity index is 1.85. The molecule has 2 aromatic carbocycles. The molecule has 0 saturated carbocycles. The molecule has 3 nitrogen and oxygen atoms in total. The Kier molecular flexibility index (Phi) is 7.41. The number of aromatic hydroxyl groups is 2. The van der Waals surface area contributed by atoms with Crippen molar-refractivity contribution in [1.29, 1.82) is 0 Å². The summed E-state index contributed by atoms with van der Waals surface area (Å²) in [5, 5.41) is 20.0. The number of phenolic OH excluding ortho intramolecular Hbond substituents is 2. The summed E-state index contributed by atoms with van der Waals surface area (Å²) in [6, 6.07) is 7.35. The fourth-order valence-corrected chi connectivity index (χ4v) is 4.71. The van der Waals surface area contributed by atoms with E-state index in [1.54, 1.807) is 12.1 Å². The molecule has 23 heavy (non-hydrogen) atoms. The smallest absolute Gasteiger partial charge is 0.133 e. The first kappa shape index (κ1) is 19.2. The highest BCUT2D eigenvalue weighted by molar-refractivity contribution is 9.11. The number of halogens is 4. The Labute approximate surface area is 168 Å². The molecule has 2 aromatic rings. The van der Waals surface area contributed by atoms with Gasteiger partial charge in [-0.3, -0.25) is 0 Å². The second kappa shape index (κ2) is 8.85. The molecule has 124 valence electrons. The second-order valence-electron chi connectivity index (χ2n) is 4.90. The molecule has 0 aromatic heterocycles. The van der Waals surface area contributed by atoms with Crippen molar-refractivity contribution in [1.82, 2.24) is 0 Å². The summed E-state index contributed by atoms with van der Waals surface area (Å²) < 4.78 is 8.75. The average Bonchev–Trinajstić information content (AvgIpc) is 2.48. The third-order valence-electron chi connectivity index (χ3n) is 3.25. The predicted octanol–water partition coefficient (Wildman–Crippen LogP) is 5.95. The van der Waals surface area contributed by atoms with Crippen LogP contribution in [0.2, 0.25) is 0 Å². The van der Waals surface area contributed by atoms with E-state index in [0.29, 0.717) is 35.0 Å². The Morgan fingerprint density at radius 2 is 1.09 bits per heavy atom. The third-order valence-corrected chi connectivity index (χ3v) is 5.37. The summed E-state index contributed by atoms with van der Waals surface area (Å²) >= 11 is 13.4. The molecule has 2 N–H and O–H groups in total. The number of phenols is 2. The Morgan fingerprint density at radius 1 is 0.696 bits per heavy atom. The largest absolute Gasteiger partial charge is 0.506 e. The van der Waals surface area contributed by atoms with Gasteiger partial charge in [-0.2, -0.15) is 0 Å². The number of benzene rings is 2. The van der Waals surface area contributed by atoms with Crippen LogP contribution >= 0.6 is 63.7 Å². The molecule has 0 fully saturated rings. The molecule has 0 aliphatic rings. The molecule has 0 heterocycles. The van der Waals surface area contributed by atoms with Crippen LogP contribution in [0.4, 0.5) is 0 Å². The van der Waals surface area contributed by atoms with Gasteiger partial charge in [-0.1, -0.05) is 31.9 Å². The van der Waals surface area contributed by atoms with Crippen LogP contribution in [0.25, 0.3) is 0 Å². The molecule has 0 atom stereocenters. The van der Waals surface area contributed by atoms with Crippen LogP contribution in [0.3, 0.4) is 0 Å². The molecular formula is C16H14Br4O3. The van der Waals surface area contributed by atoms with E-state index in [-0.39, 0.29) is 11.5 Å². The van der Waals surface area contributed by atoms with Crippen molar-refractivity contribution in [3.8, 4) is 11.5 Å². The molecule has 0 radical (unpaired) electrons. The molecule has 0 amide bonds. The van der Waals surface area contributed by atoms with Gasteiger partial charge in [-0.05, 0) is 80.1 Å². The van der Waals surface area contributed by atoms with Crippen LogP contribution in [-0.2, 0) is 17.6 Å². The fraction of sp³-hybridized carbons (Fsp3) is 0.250. The third kappa shape index (κ3) is 5.46. The quantitative estimate of drug-likeness (QED) is 0.420. The van der Waals surface area contributed by atoms with Crippen LogP contribution in [0.1, 0.15) is 11.1 Å². The van der Waals surface area contributed by atoms with Crippen LogP contribution in [0, 0.1) is 0 Å². The summed E-state index contributed by atoms with van der Waals surface area (Å²) in [4.78, 5) is 0. The first-order chi connectivity index (χ1) is 10.9.